The normalized spacial score (nSPS) is 22.7. The predicted molar refractivity (Wildman–Crippen MR) is 59.9 cm³/mol. The Hall–Kier alpha value is -0.810. The van der Waals surface area contributed by atoms with Crippen LogP contribution in [0.2, 0.25) is 0 Å². The van der Waals surface area contributed by atoms with Crippen molar-refractivity contribution in [1.29, 1.82) is 0 Å². The molecular weight excluding hydrogens is 194 g/mol. The van der Waals surface area contributed by atoms with Gasteiger partial charge in [-0.3, -0.25) is 4.99 Å². The average Bonchev–Trinajstić information content (AvgIpc) is 2.28. The Morgan fingerprint density at radius 3 is 3.20 bits per heavy atom. The first kappa shape index (κ1) is 12.3. The van der Waals surface area contributed by atoms with Gasteiger partial charge in [0.2, 0.25) is 0 Å². The molecule has 5 heteroatoms. The molecule has 0 bridgehead atoms. The minimum Gasteiger partial charge on any atom is -0.383 e. The molecule has 88 valence electrons. The lowest BCUT2D eigenvalue weighted by Crippen LogP contribution is -2.35. The van der Waals surface area contributed by atoms with Gasteiger partial charge in [-0.2, -0.15) is 0 Å². The molecule has 0 aromatic carbocycles. The van der Waals surface area contributed by atoms with Gasteiger partial charge in [-0.1, -0.05) is 0 Å². The summed E-state index contributed by atoms with van der Waals surface area (Å²) in [6, 6.07) is 0. The van der Waals surface area contributed by atoms with Gasteiger partial charge in [-0.25, -0.2) is 0 Å². The Balaban J connectivity index is 2.11. The third-order valence-corrected chi connectivity index (χ3v) is 2.39. The number of rotatable bonds is 5. The number of nitrogens with zero attached hydrogens (tertiary/aromatic N) is 1. The van der Waals surface area contributed by atoms with Gasteiger partial charge in [0.25, 0.3) is 0 Å². The fraction of sp³-hybridized carbons (Fsp3) is 0.900. The van der Waals surface area contributed by atoms with Gasteiger partial charge in [0.1, 0.15) is 0 Å². The molecular formula is C10H21N3O2. The Morgan fingerprint density at radius 2 is 2.53 bits per heavy atom. The van der Waals surface area contributed by atoms with Gasteiger partial charge >= 0.3 is 0 Å². The third-order valence-electron chi connectivity index (χ3n) is 2.39. The molecule has 1 saturated heterocycles. The lowest BCUT2D eigenvalue weighted by molar-refractivity contribution is 0.0582. The van der Waals surface area contributed by atoms with Crippen LogP contribution in [0.4, 0.5) is 0 Å². The zero-order valence-electron chi connectivity index (χ0n) is 9.37. The number of guanidine groups is 1. The molecule has 1 fully saturated rings. The standard InChI is InChI=1S/C10H21N3O2/c1-14-6-4-12-10(11)13-7-9-3-2-5-15-8-9/h9H,2-8H2,1H3,(H3,11,12,13). The van der Waals surface area contributed by atoms with E-state index in [-0.39, 0.29) is 0 Å². The van der Waals surface area contributed by atoms with Crippen LogP contribution in [0.1, 0.15) is 12.8 Å². The van der Waals surface area contributed by atoms with Crippen molar-refractivity contribution in [3.8, 4) is 0 Å². The largest absolute Gasteiger partial charge is 0.383 e. The van der Waals surface area contributed by atoms with Crippen LogP contribution in [0.5, 0.6) is 0 Å². The van der Waals surface area contributed by atoms with Crippen LogP contribution in [0.25, 0.3) is 0 Å². The average molecular weight is 215 g/mol. The first-order valence-electron chi connectivity index (χ1n) is 5.43. The molecule has 0 aromatic heterocycles. The van der Waals surface area contributed by atoms with Crippen LogP contribution in [-0.4, -0.2) is 46.0 Å². The van der Waals surface area contributed by atoms with Crippen molar-refractivity contribution in [3.63, 3.8) is 0 Å². The van der Waals surface area contributed by atoms with Crippen LogP contribution in [0.15, 0.2) is 4.99 Å². The summed E-state index contributed by atoms with van der Waals surface area (Å²) >= 11 is 0. The monoisotopic (exact) mass is 215 g/mol. The molecule has 0 saturated carbocycles. The summed E-state index contributed by atoms with van der Waals surface area (Å²) in [4.78, 5) is 4.27. The molecule has 15 heavy (non-hydrogen) atoms. The van der Waals surface area contributed by atoms with E-state index in [0.717, 1.165) is 26.2 Å². The Morgan fingerprint density at radius 1 is 1.67 bits per heavy atom. The fourth-order valence-corrected chi connectivity index (χ4v) is 1.52. The molecule has 1 heterocycles. The Kier molecular flexibility index (Phi) is 6.11. The Bertz CT molecular complexity index is 191. The molecule has 1 unspecified atom stereocenters. The number of nitrogens with two attached hydrogens (primary N) is 1. The molecule has 0 radical (unpaired) electrons. The SMILES string of the molecule is COCCNC(N)=NCC1CCCOC1. The van der Waals surface area contributed by atoms with E-state index in [0.29, 0.717) is 25.0 Å². The van der Waals surface area contributed by atoms with Crippen LogP contribution in [0, 0.1) is 5.92 Å². The molecule has 0 aromatic rings. The topological polar surface area (TPSA) is 68.9 Å². The van der Waals surface area contributed by atoms with Crippen molar-refractivity contribution >= 4 is 5.96 Å². The molecule has 1 rings (SSSR count). The van der Waals surface area contributed by atoms with E-state index in [1.54, 1.807) is 7.11 Å². The van der Waals surface area contributed by atoms with E-state index < -0.39 is 0 Å². The van der Waals surface area contributed by atoms with Crippen molar-refractivity contribution in [2.45, 2.75) is 12.8 Å². The highest BCUT2D eigenvalue weighted by Gasteiger charge is 2.12. The first-order chi connectivity index (χ1) is 7.33. The van der Waals surface area contributed by atoms with Gasteiger partial charge in [0.15, 0.2) is 5.96 Å². The second-order valence-corrected chi connectivity index (χ2v) is 3.73. The lowest BCUT2D eigenvalue weighted by atomic mass is 10.0. The van der Waals surface area contributed by atoms with Crippen molar-refractivity contribution < 1.29 is 9.47 Å². The minimum atomic E-state index is 0.498. The summed E-state index contributed by atoms with van der Waals surface area (Å²) in [5, 5.41) is 2.99. The molecule has 5 nitrogen and oxygen atoms in total. The number of aliphatic imine (C=N–C) groups is 1. The minimum absolute atomic E-state index is 0.498. The summed E-state index contributed by atoms with van der Waals surface area (Å²) in [5.41, 5.74) is 5.67. The van der Waals surface area contributed by atoms with E-state index in [1.807, 2.05) is 0 Å². The molecule has 1 atom stereocenters. The van der Waals surface area contributed by atoms with Crippen LogP contribution >= 0.6 is 0 Å². The van der Waals surface area contributed by atoms with E-state index in [1.165, 1.54) is 6.42 Å². The molecule has 3 N–H and O–H groups in total. The maximum absolute atomic E-state index is 5.67. The summed E-state index contributed by atoms with van der Waals surface area (Å²) in [7, 11) is 1.66. The van der Waals surface area contributed by atoms with Crippen LogP contribution < -0.4 is 11.1 Å². The fourth-order valence-electron chi connectivity index (χ4n) is 1.52. The van der Waals surface area contributed by atoms with E-state index in [9.17, 15) is 0 Å². The number of hydrogen-bond donors (Lipinski definition) is 2. The van der Waals surface area contributed by atoms with E-state index in [4.69, 9.17) is 15.2 Å². The first-order valence-corrected chi connectivity index (χ1v) is 5.43. The quantitative estimate of drug-likeness (QED) is 0.384. The Labute approximate surface area is 91.0 Å². The van der Waals surface area contributed by atoms with Crippen molar-refractivity contribution in [3.05, 3.63) is 0 Å². The highest BCUT2D eigenvalue weighted by atomic mass is 16.5. The molecule has 1 aliphatic rings. The zero-order valence-corrected chi connectivity index (χ0v) is 9.37. The highest BCUT2D eigenvalue weighted by molar-refractivity contribution is 5.77. The number of ether oxygens (including phenoxy) is 2. The summed E-state index contributed by atoms with van der Waals surface area (Å²) in [6.07, 6.45) is 2.33. The summed E-state index contributed by atoms with van der Waals surface area (Å²) in [6.45, 7) is 3.80. The smallest absolute Gasteiger partial charge is 0.188 e. The lowest BCUT2D eigenvalue weighted by Gasteiger charge is -2.20. The van der Waals surface area contributed by atoms with Crippen LogP contribution in [-0.2, 0) is 9.47 Å². The van der Waals surface area contributed by atoms with Gasteiger partial charge in [-0.15, -0.1) is 0 Å². The molecule has 1 aliphatic heterocycles. The summed E-state index contributed by atoms with van der Waals surface area (Å²) in [5.74, 6) is 1.03. The van der Waals surface area contributed by atoms with Crippen molar-refractivity contribution in [2.24, 2.45) is 16.6 Å². The van der Waals surface area contributed by atoms with Gasteiger partial charge in [0.05, 0.1) is 13.2 Å². The van der Waals surface area contributed by atoms with Crippen molar-refractivity contribution in [2.75, 3.05) is 40.0 Å². The van der Waals surface area contributed by atoms with Crippen LogP contribution in [0.3, 0.4) is 0 Å². The van der Waals surface area contributed by atoms with E-state index >= 15 is 0 Å². The second kappa shape index (κ2) is 7.48. The summed E-state index contributed by atoms with van der Waals surface area (Å²) < 4.78 is 10.3. The van der Waals surface area contributed by atoms with Gasteiger partial charge in [0, 0.05) is 32.7 Å². The maximum atomic E-state index is 5.67. The van der Waals surface area contributed by atoms with Gasteiger partial charge < -0.3 is 20.5 Å². The van der Waals surface area contributed by atoms with Crippen molar-refractivity contribution in [1.82, 2.24) is 5.32 Å². The van der Waals surface area contributed by atoms with E-state index in [2.05, 4.69) is 10.3 Å². The molecule has 0 spiro atoms. The molecule has 0 aliphatic carbocycles. The third kappa shape index (κ3) is 5.59. The molecule has 0 amide bonds. The number of methoxy groups -OCH3 is 1. The zero-order chi connectivity index (χ0) is 10.9. The van der Waals surface area contributed by atoms with Gasteiger partial charge in [-0.05, 0) is 12.8 Å². The number of hydrogen-bond acceptors (Lipinski definition) is 3. The predicted octanol–water partition coefficient (Wildman–Crippen LogP) is -0.0363. The highest BCUT2D eigenvalue weighted by Crippen LogP contribution is 2.13. The number of nitrogens with one attached hydrogen (secondary N) is 1. The maximum Gasteiger partial charge on any atom is 0.188 e. The second-order valence-electron chi connectivity index (χ2n) is 3.73.